The Bertz CT molecular complexity index is 1690. The third kappa shape index (κ3) is 5.67. The summed E-state index contributed by atoms with van der Waals surface area (Å²) in [7, 11) is 0. The molecule has 1 aliphatic carbocycles. The summed E-state index contributed by atoms with van der Waals surface area (Å²) >= 11 is 6.05. The van der Waals surface area contributed by atoms with E-state index >= 15 is 0 Å². The van der Waals surface area contributed by atoms with Gasteiger partial charge in [-0.2, -0.15) is 0 Å². The summed E-state index contributed by atoms with van der Waals surface area (Å²) in [6.45, 7) is 0. The summed E-state index contributed by atoms with van der Waals surface area (Å²) in [6, 6.07) is 16.8. The number of phenols is 1. The number of nitrogens with zero attached hydrogens (tertiary/aromatic N) is 1. The number of carboxylic acids is 1. The predicted octanol–water partition coefficient (Wildman–Crippen LogP) is 5.92. The van der Waals surface area contributed by atoms with Gasteiger partial charge >= 0.3 is 5.97 Å². The summed E-state index contributed by atoms with van der Waals surface area (Å²) in [4.78, 5) is 25.6. The molecule has 4 N–H and O–H groups in total. The fraction of sp³-hybridized carbons (Fsp3) is 0.226. The topological polar surface area (TPSA) is 112 Å². The smallest absolute Gasteiger partial charge is 0.354 e. The number of phenolic OH excluding ortho intramolecular Hbond substituents is 1. The Morgan fingerprint density at radius 3 is 2.67 bits per heavy atom. The van der Waals surface area contributed by atoms with Crippen LogP contribution < -0.4 is 5.32 Å². The van der Waals surface area contributed by atoms with Crippen LogP contribution in [0.2, 0.25) is 5.02 Å². The Labute approximate surface area is 234 Å². The fourth-order valence-electron chi connectivity index (χ4n) is 5.33. The maximum atomic E-state index is 14.2. The van der Waals surface area contributed by atoms with Crippen molar-refractivity contribution < 1.29 is 29.3 Å². The molecule has 1 fully saturated rings. The minimum absolute atomic E-state index is 0.00105. The Kier molecular flexibility index (Phi) is 7.53. The molecule has 1 aliphatic rings. The Hall–Kier alpha value is -4.32. The van der Waals surface area contributed by atoms with Gasteiger partial charge in [-0.05, 0) is 67.3 Å². The zero-order valence-electron chi connectivity index (χ0n) is 21.3. The largest absolute Gasteiger partial charge is 0.508 e. The van der Waals surface area contributed by atoms with Crippen molar-refractivity contribution in [2.45, 2.75) is 43.7 Å². The van der Waals surface area contributed by atoms with E-state index in [4.69, 9.17) is 11.6 Å². The van der Waals surface area contributed by atoms with E-state index in [2.05, 4.69) is 17.2 Å². The number of nitrogens with one attached hydrogen (secondary N) is 1. The molecule has 9 heteroatoms. The minimum atomic E-state index is -1.39. The quantitative estimate of drug-likeness (QED) is 0.227. The lowest BCUT2D eigenvalue weighted by Gasteiger charge is -2.35. The van der Waals surface area contributed by atoms with Crippen molar-refractivity contribution >= 4 is 40.1 Å². The van der Waals surface area contributed by atoms with Crippen LogP contribution in [-0.2, 0) is 11.2 Å². The number of amides is 1. The van der Waals surface area contributed by atoms with E-state index in [1.165, 1.54) is 30.3 Å². The summed E-state index contributed by atoms with van der Waals surface area (Å²) in [5.74, 6) is 3.38. The molecule has 2 atom stereocenters. The average Bonchev–Trinajstić information content (AvgIpc) is 3.22. The summed E-state index contributed by atoms with van der Waals surface area (Å²) < 4.78 is 15.7. The zero-order valence-corrected chi connectivity index (χ0v) is 22.1. The molecule has 3 aromatic carbocycles. The number of carbonyl (C=O) groups is 2. The number of aromatic nitrogens is 1. The predicted molar refractivity (Wildman–Crippen MR) is 150 cm³/mol. The Balaban J connectivity index is 1.53. The van der Waals surface area contributed by atoms with Gasteiger partial charge in [0.15, 0.2) is 5.69 Å². The van der Waals surface area contributed by atoms with E-state index in [0.29, 0.717) is 40.8 Å². The van der Waals surface area contributed by atoms with E-state index in [0.717, 1.165) is 0 Å². The van der Waals surface area contributed by atoms with Gasteiger partial charge in [-0.15, -0.1) is 0 Å². The van der Waals surface area contributed by atoms with Gasteiger partial charge in [0, 0.05) is 28.4 Å². The molecule has 1 amide bonds. The van der Waals surface area contributed by atoms with E-state index < -0.39 is 29.3 Å². The van der Waals surface area contributed by atoms with Crippen LogP contribution in [0.1, 0.15) is 53.3 Å². The zero-order chi connectivity index (χ0) is 28.4. The molecule has 5 rings (SSSR count). The molecule has 0 saturated heterocycles. The highest BCUT2D eigenvalue weighted by Gasteiger charge is 2.37. The van der Waals surface area contributed by atoms with E-state index in [-0.39, 0.29) is 35.5 Å². The highest BCUT2D eigenvalue weighted by molar-refractivity contribution is 6.30. The number of hydrogen-bond donors (Lipinski definition) is 4. The molecule has 0 unspecified atom stereocenters. The Morgan fingerprint density at radius 1 is 1.12 bits per heavy atom. The molecule has 7 nitrogen and oxygen atoms in total. The van der Waals surface area contributed by atoms with Crippen molar-refractivity contribution in [1.82, 2.24) is 4.57 Å². The fourth-order valence-corrected chi connectivity index (χ4v) is 5.52. The SMILES string of the molecule is O=C(Cc1ccccc1F)Nc1c(C(=O)O)n([C@H]2CCC[C@@](O)(C#Cc3cccc(Cl)c3)C2)c2ccc(O)cc12. The average molecular weight is 561 g/mol. The third-order valence-electron chi connectivity index (χ3n) is 7.09. The van der Waals surface area contributed by atoms with Gasteiger partial charge in [0.2, 0.25) is 5.91 Å². The molecular formula is C31H26ClFN2O5. The Morgan fingerprint density at radius 2 is 1.93 bits per heavy atom. The van der Waals surface area contributed by atoms with Crippen molar-refractivity contribution in [3.8, 4) is 17.6 Å². The highest BCUT2D eigenvalue weighted by Crippen LogP contribution is 2.42. The van der Waals surface area contributed by atoms with Crippen molar-refractivity contribution in [2.75, 3.05) is 5.32 Å². The lowest BCUT2D eigenvalue weighted by Crippen LogP contribution is -2.35. The van der Waals surface area contributed by atoms with E-state index in [9.17, 15) is 29.3 Å². The van der Waals surface area contributed by atoms with Crippen LogP contribution in [-0.4, -0.2) is 37.4 Å². The van der Waals surface area contributed by atoms with Gasteiger partial charge in [-0.1, -0.05) is 47.7 Å². The number of halogens is 2. The standard InChI is InChI=1S/C31H26ClFN2O5/c32-21-7-3-5-19(15-21)12-14-31(40)13-4-8-22(18-31)35-26-11-10-23(36)17-24(26)28(29(35)30(38)39)34-27(37)16-20-6-1-2-9-25(20)33/h1-3,5-7,9-11,15,17,22,36,40H,4,8,13,16,18H2,(H,34,37)(H,38,39)/t22-,31+/m0/s1. The molecule has 0 bridgehead atoms. The van der Waals surface area contributed by atoms with Gasteiger partial charge in [0.25, 0.3) is 0 Å². The molecule has 1 saturated carbocycles. The molecule has 1 heterocycles. The summed E-state index contributed by atoms with van der Waals surface area (Å²) in [5.41, 5.74) is -0.301. The van der Waals surface area contributed by atoms with Gasteiger partial charge in [0.05, 0.1) is 17.6 Å². The van der Waals surface area contributed by atoms with Crippen molar-refractivity contribution in [2.24, 2.45) is 0 Å². The number of aromatic hydroxyl groups is 1. The van der Waals surface area contributed by atoms with Crippen LogP contribution >= 0.6 is 11.6 Å². The number of fused-ring (bicyclic) bond motifs is 1. The van der Waals surface area contributed by atoms with Crippen molar-refractivity contribution in [3.63, 3.8) is 0 Å². The molecule has 0 aliphatic heterocycles. The highest BCUT2D eigenvalue weighted by atomic mass is 35.5. The first-order valence-electron chi connectivity index (χ1n) is 12.8. The number of aliphatic hydroxyl groups is 1. The number of hydrogen-bond acceptors (Lipinski definition) is 4. The number of aromatic carboxylic acids is 1. The third-order valence-corrected chi connectivity index (χ3v) is 7.33. The first-order valence-corrected chi connectivity index (χ1v) is 13.2. The lowest BCUT2D eigenvalue weighted by molar-refractivity contribution is -0.115. The van der Waals surface area contributed by atoms with Crippen LogP contribution in [0.5, 0.6) is 5.75 Å². The first-order chi connectivity index (χ1) is 19.1. The number of carbonyl (C=O) groups excluding carboxylic acids is 1. The van der Waals surface area contributed by atoms with Crippen LogP contribution in [0.25, 0.3) is 10.9 Å². The second-order valence-electron chi connectivity index (χ2n) is 9.96. The lowest BCUT2D eigenvalue weighted by atomic mass is 9.81. The van der Waals surface area contributed by atoms with Gasteiger partial charge in [0.1, 0.15) is 17.2 Å². The molecule has 1 aromatic heterocycles. The molecule has 4 aromatic rings. The van der Waals surface area contributed by atoms with Crippen LogP contribution in [0.15, 0.2) is 66.7 Å². The van der Waals surface area contributed by atoms with Gasteiger partial charge in [-0.3, -0.25) is 4.79 Å². The van der Waals surface area contributed by atoms with Crippen molar-refractivity contribution in [3.05, 3.63) is 94.4 Å². The maximum Gasteiger partial charge on any atom is 0.354 e. The molecule has 0 spiro atoms. The number of carboxylic acid groups (broad SMARTS) is 1. The van der Waals surface area contributed by atoms with Crippen LogP contribution in [0.3, 0.4) is 0 Å². The monoisotopic (exact) mass is 560 g/mol. The normalized spacial score (nSPS) is 18.6. The number of benzene rings is 3. The second kappa shape index (κ2) is 11.0. The van der Waals surface area contributed by atoms with Crippen molar-refractivity contribution in [1.29, 1.82) is 0 Å². The molecule has 0 radical (unpaired) electrons. The van der Waals surface area contributed by atoms with Gasteiger partial charge < -0.3 is 25.2 Å². The second-order valence-corrected chi connectivity index (χ2v) is 10.4. The molecular weight excluding hydrogens is 535 g/mol. The van der Waals surface area contributed by atoms with E-state index in [1.54, 1.807) is 41.0 Å². The first kappa shape index (κ1) is 27.3. The minimum Gasteiger partial charge on any atom is -0.508 e. The molecule has 40 heavy (non-hydrogen) atoms. The maximum absolute atomic E-state index is 14.2. The number of anilines is 1. The summed E-state index contributed by atoms with van der Waals surface area (Å²) in [5, 5.41) is 35.4. The van der Waals surface area contributed by atoms with Gasteiger partial charge in [-0.25, -0.2) is 9.18 Å². The molecule has 204 valence electrons. The van der Waals surface area contributed by atoms with E-state index in [1.807, 2.05) is 0 Å². The van der Waals surface area contributed by atoms with Crippen LogP contribution in [0.4, 0.5) is 10.1 Å². The number of rotatable bonds is 5. The van der Waals surface area contributed by atoms with Crippen LogP contribution in [0, 0.1) is 17.7 Å². The summed E-state index contributed by atoms with van der Waals surface area (Å²) in [6.07, 6.45) is 1.39.